The van der Waals surface area contributed by atoms with Crippen LogP contribution >= 0.6 is 0 Å². The van der Waals surface area contributed by atoms with Crippen LogP contribution in [0.2, 0.25) is 0 Å². The number of nitrogens with zero attached hydrogens (tertiary/aromatic N) is 2. The van der Waals surface area contributed by atoms with Crippen molar-refractivity contribution in [2.24, 2.45) is 12.8 Å². The molecule has 94 valence electrons. The fourth-order valence-corrected chi connectivity index (χ4v) is 1.32. The zero-order valence-electron chi connectivity index (χ0n) is 9.84. The molecule has 0 radical (unpaired) electrons. The van der Waals surface area contributed by atoms with Crippen molar-refractivity contribution in [3.05, 3.63) is 18.2 Å². The number of imidazole rings is 1. The van der Waals surface area contributed by atoms with Gasteiger partial charge in [0.25, 0.3) is 0 Å². The van der Waals surface area contributed by atoms with E-state index < -0.39 is 18.0 Å². The van der Waals surface area contributed by atoms with Crippen LogP contribution in [0.4, 0.5) is 4.79 Å². The molecule has 0 aliphatic rings. The van der Waals surface area contributed by atoms with Gasteiger partial charge in [-0.15, -0.1) is 0 Å². The Bertz CT molecular complexity index is 402. The summed E-state index contributed by atoms with van der Waals surface area (Å²) < 4.78 is 6.43. The van der Waals surface area contributed by atoms with E-state index in [1.165, 1.54) is 0 Å². The van der Waals surface area contributed by atoms with Gasteiger partial charge in [0.05, 0.1) is 18.6 Å². The Morgan fingerprint density at radius 1 is 1.65 bits per heavy atom. The summed E-state index contributed by atoms with van der Waals surface area (Å²) >= 11 is 0. The van der Waals surface area contributed by atoms with Crippen LogP contribution in [0.5, 0.6) is 0 Å². The van der Waals surface area contributed by atoms with E-state index in [-0.39, 0.29) is 13.0 Å². The second-order valence-electron chi connectivity index (χ2n) is 3.55. The molecule has 0 spiro atoms. The summed E-state index contributed by atoms with van der Waals surface area (Å²) in [6.07, 6.45) is 2.95. The van der Waals surface area contributed by atoms with Gasteiger partial charge in [0, 0.05) is 19.7 Å². The van der Waals surface area contributed by atoms with Gasteiger partial charge in [-0.1, -0.05) is 0 Å². The average Bonchev–Trinajstić information content (AvgIpc) is 2.63. The van der Waals surface area contributed by atoms with Gasteiger partial charge < -0.3 is 20.4 Å². The lowest BCUT2D eigenvalue weighted by Gasteiger charge is -2.13. The number of primary amides is 1. The standard InChI is InChI=1S/C10H16N4O3/c1-3-17-10(16)13-8(9(11)15)4-7-5-14(2)6-12-7/h5-6,8H,3-4H2,1-2H3,(H2,11,15)(H,13,16)/t8-/m0/s1. The van der Waals surface area contributed by atoms with Gasteiger partial charge in [-0.25, -0.2) is 9.78 Å². The minimum Gasteiger partial charge on any atom is -0.450 e. The first-order valence-electron chi connectivity index (χ1n) is 5.22. The van der Waals surface area contributed by atoms with Crippen molar-refractivity contribution in [2.45, 2.75) is 19.4 Å². The minimum atomic E-state index is -0.816. The van der Waals surface area contributed by atoms with Crippen LogP contribution in [0.3, 0.4) is 0 Å². The molecule has 1 rings (SSSR count). The fourth-order valence-electron chi connectivity index (χ4n) is 1.32. The van der Waals surface area contributed by atoms with E-state index in [1.54, 1.807) is 24.0 Å². The molecule has 3 N–H and O–H groups in total. The maximum atomic E-state index is 11.2. The molecule has 0 aliphatic heterocycles. The van der Waals surface area contributed by atoms with Gasteiger partial charge in [0.15, 0.2) is 0 Å². The molecule has 0 aliphatic carbocycles. The van der Waals surface area contributed by atoms with E-state index in [9.17, 15) is 9.59 Å². The molecule has 0 saturated heterocycles. The summed E-state index contributed by atoms with van der Waals surface area (Å²) in [5.41, 5.74) is 5.87. The van der Waals surface area contributed by atoms with Crippen molar-refractivity contribution < 1.29 is 14.3 Å². The van der Waals surface area contributed by atoms with Gasteiger partial charge >= 0.3 is 6.09 Å². The van der Waals surface area contributed by atoms with E-state index in [0.29, 0.717) is 5.69 Å². The molecule has 0 unspecified atom stereocenters. The molecule has 0 aromatic carbocycles. The lowest BCUT2D eigenvalue weighted by atomic mass is 10.1. The highest BCUT2D eigenvalue weighted by molar-refractivity contribution is 5.84. The average molecular weight is 240 g/mol. The predicted octanol–water partition coefficient (Wildman–Crippen LogP) is -0.437. The van der Waals surface area contributed by atoms with Crippen molar-refractivity contribution in [3.63, 3.8) is 0 Å². The largest absolute Gasteiger partial charge is 0.450 e. The van der Waals surface area contributed by atoms with Crippen LogP contribution in [-0.4, -0.2) is 34.2 Å². The van der Waals surface area contributed by atoms with Crippen molar-refractivity contribution in [3.8, 4) is 0 Å². The van der Waals surface area contributed by atoms with Gasteiger partial charge in [-0.3, -0.25) is 4.79 Å². The molecule has 7 nitrogen and oxygen atoms in total. The summed E-state index contributed by atoms with van der Waals surface area (Å²) in [4.78, 5) is 26.4. The molecule has 2 amide bonds. The molecule has 1 aromatic heterocycles. The molecular formula is C10H16N4O3. The summed E-state index contributed by atoms with van der Waals surface area (Å²) in [6.45, 7) is 1.92. The third kappa shape index (κ3) is 4.13. The summed E-state index contributed by atoms with van der Waals surface area (Å²) in [7, 11) is 1.81. The van der Waals surface area contributed by atoms with E-state index in [0.717, 1.165) is 0 Å². The monoisotopic (exact) mass is 240 g/mol. The maximum Gasteiger partial charge on any atom is 0.407 e. The van der Waals surface area contributed by atoms with Crippen LogP contribution in [0.15, 0.2) is 12.5 Å². The number of nitrogens with one attached hydrogen (secondary N) is 1. The maximum absolute atomic E-state index is 11.2. The van der Waals surface area contributed by atoms with Crippen molar-refractivity contribution >= 4 is 12.0 Å². The molecule has 0 fully saturated rings. The first-order chi connectivity index (χ1) is 8.02. The van der Waals surface area contributed by atoms with E-state index in [1.807, 2.05) is 7.05 Å². The molecule has 1 aromatic rings. The van der Waals surface area contributed by atoms with Crippen molar-refractivity contribution in [1.29, 1.82) is 0 Å². The Morgan fingerprint density at radius 2 is 2.35 bits per heavy atom. The number of hydrogen-bond acceptors (Lipinski definition) is 4. The van der Waals surface area contributed by atoms with Crippen LogP contribution in [0, 0.1) is 0 Å². The number of hydrogen-bond donors (Lipinski definition) is 2. The number of aromatic nitrogens is 2. The summed E-state index contributed by atoms with van der Waals surface area (Å²) in [5.74, 6) is -0.622. The van der Waals surface area contributed by atoms with Gasteiger partial charge in [0.2, 0.25) is 5.91 Å². The first-order valence-corrected chi connectivity index (χ1v) is 5.22. The molecule has 0 bridgehead atoms. The van der Waals surface area contributed by atoms with Crippen LogP contribution in [0.1, 0.15) is 12.6 Å². The molecule has 1 atom stereocenters. The number of ether oxygens (including phenoxy) is 1. The molecule has 0 saturated carbocycles. The molecule has 17 heavy (non-hydrogen) atoms. The number of carbonyl (C=O) groups excluding carboxylic acids is 2. The minimum absolute atomic E-state index is 0.237. The Hall–Kier alpha value is -2.05. The Labute approximate surface area is 99.0 Å². The number of aryl methyl sites for hydroxylation is 1. The number of rotatable bonds is 5. The van der Waals surface area contributed by atoms with Gasteiger partial charge in [-0.05, 0) is 6.92 Å². The molecule has 7 heteroatoms. The predicted molar refractivity (Wildman–Crippen MR) is 60.1 cm³/mol. The van der Waals surface area contributed by atoms with Crippen LogP contribution in [-0.2, 0) is 23.0 Å². The third-order valence-electron chi connectivity index (χ3n) is 2.08. The van der Waals surface area contributed by atoms with Crippen molar-refractivity contribution in [1.82, 2.24) is 14.9 Å². The molecular weight excluding hydrogens is 224 g/mol. The SMILES string of the molecule is CCOC(=O)N[C@@H](Cc1cn(C)cn1)C(N)=O. The highest BCUT2D eigenvalue weighted by Gasteiger charge is 2.20. The number of carbonyl (C=O) groups is 2. The van der Waals surface area contributed by atoms with Crippen LogP contribution < -0.4 is 11.1 Å². The van der Waals surface area contributed by atoms with E-state index in [4.69, 9.17) is 5.73 Å². The second kappa shape index (κ2) is 5.88. The normalized spacial score (nSPS) is 11.9. The zero-order valence-corrected chi connectivity index (χ0v) is 9.84. The molecule has 1 heterocycles. The Kier molecular flexibility index (Phi) is 4.50. The third-order valence-corrected chi connectivity index (χ3v) is 2.08. The highest BCUT2D eigenvalue weighted by atomic mass is 16.5. The summed E-state index contributed by atoms with van der Waals surface area (Å²) in [6, 6.07) is -0.816. The van der Waals surface area contributed by atoms with Crippen LogP contribution in [0.25, 0.3) is 0 Å². The summed E-state index contributed by atoms with van der Waals surface area (Å²) in [5, 5.41) is 2.39. The van der Waals surface area contributed by atoms with E-state index >= 15 is 0 Å². The number of amides is 2. The van der Waals surface area contributed by atoms with Gasteiger partial charge in [0.1, 0.15) is 6.04 Å². The Balaban J connectivity index is 2.60. The first kappa shape index (κ1) is 13.0. The fraction of sp³-hybridized carbons (Fsp3) is 0.500. The quantitative estimate of drug-likeness (QED) is 0.729. The van der Waals surface area contributed by atoms with Gasteiger partial charge in [-0.2, -0.15) is 0 Å². The topological polar surface area (TPSA) is 99.2 Å². The highest BCUT2D eigenvalue weighted by Crippen LogP contribution is 2.00. The number of nitrogens with two attached hydrogens (primary N) is 1. The smallest absolute Gasteiger partial charge is 0.407 e. The zero-order chi connectivity index (χ0) is 12.8. The lowest BCUT2D eigenvalue weighted by Crippen LogP contribution is -2.46. The van der Waals surface area contributed by atoms with E-state index in [2.05, 4.69) is 15.0 Å². The number of alkyl carbamates (subject to hydrolysis) is 1. The second-order valence-corrected chi connectivity index (χ2v) is 3.55. The lowest BCUT2D eigenvalue weighted by molar-refractivity contribution is -0.119. The van der Waals surface area contributed by atoms with Crippen molar-refractivity contribution in [2.75, 3.05) is 6.61 Å². The Morgan fingerprint density at radius 3 is 2.82 bits per heavy atom.